The van der Waals surface area contributed by atoms with Gasteiger partial charge in [-0.1, -0.05) is 12.1 Å². The Morgan fingerprint density at radius 2 is 1.45 bits per heavy atom. The molecule has 0 bridgehead atoms. The molecule has 1 heterocycles. The molecule has 0 unspecified atom stereocenters. The molecule has 2 aromatic rings. The average Bonchev–Trinajstić information content (AvgIpc) is 3.28. The van der Waals surface area contributed by atoms with Crippen molar-refractivity contribution in [2.45, 2.75) is 6.54 Å². The molecule has 2 rings (SSSR count). The summed E-state index contributed by atoms with van der Waals surface area (Å²) in [6, 6.07) is 9.93. The summed E-state index contributed by atoms with van der Waals surface area (Å²) in [6.07, 6.45) is 0. The molecule has 1 aromatic carbocycles. The largest absolute Gasteiger partial charge is 0.395 e. The minimum absolute atomic E-state index is 0.0113. The van der Waals surface area contributed by atoms with Gasteiger partial charge in [-0.05, 0) is 29.8 Å². The number of rotatable bonds is 12. The van der Waals surface area contributed by atoms with Gasteiger partial charge in [-0.3, -0.25) is 24.7 Å². The van der Waals surface area contributed by atoms with E-state index >= 15 is 0 Å². The maximum atomic E-state index is 12.2. The number of nitrogen functional groups attached to an aromatic ring is 1. The van der Waals surface area contributed by atoms with Crippen molar-refractivity contribution in [3.8, 4) is 0 Å². The van der Waals surface area contributed by atoms with Crippen LogP contribution in [0.5, 0.6) is 0 Å². The summed E-state index contributed by atoms with van der Waals surface area (Å²) >= 11 is 1.04. The van der Waals surface area contributed by atoms with Crippen LogP contribution in [0.2, 0.25) is 0 Å². The van der Waals surface area contributed by atoms with Crippen molar-refractivity contribution in [2.24, 2.45) is 5.84 Å². The summed E-state index contributed by atoms with van der Waals surface area (Å²) in [5.74, 6) is 4.09. The third-order valence-electron chi connectivity index (χ3n) is 4.40. The van der Waals surface area contributed by atoms with Gasteiger partial charge in [-0.15, -0.1) is 11.3 Å². The van der Waals surface area contributed by atoms with Crippen LogP contribution in [0, 0.1) is 0 Å². The Balaban J connectivity index is 1.80. The SMILES string of the molecule is NNC(=O)c1ccc(C(=O)NCc2ccc(C(=O)NCCN(CCO)CCO)cc2)s1. The Morgan fingerprint density at radius 3 is 2.03 bits per heavy atom. The van der Waals surface area contributed by atoms with Crippen LogP contribution < -0.4 is 21.9 Å². The summed E-state index contributed by atoms with van der Waals surface area (Å²) in [4.78, 5) is 38.5. The van der Waals surface area contributed by atoms with Crippen molar-refractivity contribution in [1.82, 2.24) is 21.0 Å². The first-order chi connectivity index (χ1) is 15.0. The number of benzene rings is 1. The molecule has 0 spiro atoms. The van der Waals surface area contributed by atoms with Crippen molar-refractivity contribution >= 4 is 29.1 Å². The van der Waals surface area contributed by atoms with Gasteiger partial charge in [0.2, 0.25) is 0 Å². The molecule has 10 nitrogen and oxygen atoms in total. The second-order valence-corrected chi connectivity index (χ2v) is 7.65. The van der Waals surface area contributed by atoms with Crippen molar-refractivity contribution < 1.29 is 24.6 Å². The molecule has 11 heteroatoms. The van der Waals surface area contributed by atoms with Crippen molar-refractivity contribution in [3.63, 3.8) is 0 Å². The molecule has 168 valence electrons. The lowest BCUT2D eigenvalue weighted by Crippen LogP contribution is -2.37. The van der Waals surface area contributed by atoms with Crippen LogP contribution in [0.3, 0.4) is 0 Å². The quantitative estimate of drug-likeness (QED) is 0.142. The number of hydrazine groups is 1. The van der Waals surface area contributed by atoms with E-state index < -0.39 is 5.91 Å². The normalized spacial score (nSPS) is 10.7. The molecule has 0 radical (unpaired) electrons. The van der Waals surface area contributed by atoms with E-state index in [2.05, 4.69) is 10.6 Å². The second-order valence-electron chi connectivity index (χ2n) is 6.56. The van der Waals surface area contributed by atoms with Crippen LogP contribution in [0.4, 0.5) is 0 Å². The van der Waals surface area contributed by atoms with Gasteiger partial charge in [0.1, 0.15) is 0 Å². The molecular weight excluding hydrogens is 422 g/mol. The lowest BCUT2D eigenvalue weighted by atomic mass is 10.1. The third kappa shape index (κ3) is 7.74. The van der Waals surface area contributed by atoms with Gasteiger partial charge >= 0.3 is 0 Å². The van der Waals surface area contributed by atoms with E-state index in [1.165, 1.54) is 6.07 Å². The van der Waals surface area contributed by atoms with E-state index in [4.69, 9.17) is 16.1 Å². The second kappa shape index (κ2) is 12.8. The minimum atomic E-state index is -0.451. The third-order valence-corrected chi connectivity index (χ3v) is 5.48. The van der Waals surface area contributed by atoms with E-state index in [9.17, 15) is 14.4 Å². The molecule has 0 saturated heterocycles. The van der Waals surface area contributed by atoms with Crippen LogP contribution in [-0.4, -0.2) is 72.2 Å². The lowest BCUT2D eigenvalue weighted by Gasteiger charge is -2.20. The highest BCUT2D eigenvalue weighted by Gasteiger charge is 2.13. The number of nitrogens with one attached hydrogen (secondary N) is 3. The molecule has 0 saturated carbocycles. The zero-order valence-corrected chi connectivity index (χ0v) is 17.8. The van der Waals surface area contributed by atoms with Crippen LogP contribution >= 0.6 is 11.3 Å². The molecule has 1 aromatic heterocycles. The molecule has 0 atom stereocenters. The Labute approximate surface area is 184 Å². The van der Waals surface area contributed by atoms with E-state index in [0.29, 0.717) is 41.5 Å². The van der Waals surface area contributed by atoms with Crippen molar-refractivity contribution in [1.29, 1.82) is 0 Å². The predicted octanol–water partition coefficient (Wildman–Crippen LogP) is -0.702. The first-order valence-corrected chi connectivity index (χ1v) is 10.5. The number of thiophene rings is 1. The maximum absolute atomic E-state index is 12.2. The standard InChI is InChI=1S/C20H27N5O5S/c21-24-20(30)17-6-5-16(31-17)19(29)23-13-14-1-3-15(4-2-14)18(28)22-7-8-25(9-11-26)10-12-27/h1-6,26-27H,7-13,21H2,(H,22,28)(H,23,29)(H,24,30). The molecule has 0 aliphatic carbocycles. The molecule has 0 fully saturated rings. The minimum Gasteiger partial charge on any atom is -0.395 e. The fourth-order valence-corrected chi connectivity index (χ4v) is 3.57. The Bertz CT molecular complexity index is 865. The Hall–Kier alpha value is -2.83. The number of aliphatic hydroxyl groups excluding tert-OH is 2. The molecule has 7 N–H and O–H groups in total. The monoisotopic (exact) mass is 449 g/mol. The lowest BCUT2D eigenvalue weighted by molar-refractivity contribution is 0.0937. The smallest absolute Gasteiger partial charge is 0.275 e. The number of hydrogen-bond donors (Lipinski definition) is 6. The van der Waals surface area contributed by atoms with Crippen LogP contribution in [0.15, 0.2) is 36.4 Å². The van der Waals surface area contributed by atoms with Crippen LogP contribution in [0.1, 0.15) is 35.3 Å². The predicted molar refractivity (Wildman–Crippen MR) is 117 cm³/mol. The Kier molecular flexibility index (Phi) is 10.1. The first kappa shape index (κ1) is 24.4. The summed E-state index contributed by atoms with van der Waals surface area (Å²) in [7, 11) is 0. The highest BCUT2D eigenvalue weighted by atomic mass is 32.1. The van der Waals surface area contributed by atoms with E-state index in [-0.39, 0.29) is 31.6 Å². The number of nitrogens with zero attached hydrogens (tertiary/aromatic N) is 1. The van der Waals surface area contributed by atoms with Crippen molar-refractivity contribution in [3.05, 3.63) is 57.3 Å². The molecule has 0 aliphatic rings. The number of carbonyl (C=O) groups excluding carboxylic acids is 3. The molecule has 31 heavy (non-hydrogen) atoms. The number of amides is 3. The first-order valence-electron chi connectivity index (χ1n) is 9.68. The van der Waals surface area contributed by atoms with Crippen molar-refractivity contribution in [2.75, 3.05) is 39.4 Å². The molecular formula is C20H27N5O5S. The molecule has 0 aliphatic heterocycles. The maximum Gasteiger partial charge on any atom is 0.275 e. The summed E-state index contributed by atoms with van der Waals surface area (Å²) in [5.41, 5.74) is 3.33. The summed E-state index contributed by atoms with van der Waals surface area (Å²) in [5, 5.41) is 23.6. The van der Waals surface area contributed by atoms with Gasteiger partial charge in [0.05, 0.1) is 23.0 Å². The zero-order chi connectivity index (χ0) is 22.6. The Morgan fingerprint density at radius 1 is 0.839 bits per heavy atom. The summed E-state index contributed by atoms with van der Waals surface area (Å²) < 4.78 is 0. The summed E-state index contributed by atoms with van der Waals surface area (Å²) in [6.45, 7) is 2.03. The van der Waals surface area contributed by atoms with Crippen LogP contribution in [0.25, 0.3) is 0 Å². The zero-order valence-electron chi connectivity index (χ0n) is 17.0. The molecule has 3 amide bonds. The number of carbonyl (C=O) groups is 3. The van der Waals surface area contributed by atoms with E-state index in [1.54, 1.807) is 30.3 Å². The van der Waals surface area contributed by atoms with E-state index in [1.807, 2.05) is 10.3 Å². The fraction of sp³-hybridized carbons (Fsp3) is 0.350. The van der Waals surface area contributed by atoms with Gasteiger partial charge in [-0.2, -0.15) is 0 Å². The number of aliphatic hydroxyl groups is 2. The van der Waals surface area contributed by atoms with Gasteiger partial charge in [0.15, 0.2) is 0 Å². The highest BCUT2D eigenvalue weighted by Crippen LogP contribution is 2.16. The fourth-order valence-electron chi connectivity index (χ4n) is 2.74. The van der Waals surface area contributed by atoms with Crippen LogP contribution in [-0.2, 0) is 6.54 Å². The van der Waals surface area contributed by atoms with Gasteiger partial charge in [0, 0.05) is 38.3 Å². The van der Waals surface area contributed by atoms with Gasteiger partial charge in [0.25, 0.3) is 17.7 Å². The average molecular weight is 450 g/mol. The number of hydrogen-bond acceptors (Lipinski definition) is 8. The van der Waals surface area contributed by atoms with Gasteiger partial charge < -0.3 is 20.8 Å². The number of nitrogens with two attached hydrogens (primary N) is 1. The van der Waals surface area contributed by atoms with E-state index in [0.717, 1.165) is 16.9 Å². The highest BCUT2D eigenvalue weighted by molar-refractivity contribution is 7.15. The topological polar surface area (TPSA) is 157 Å². The van der Waals surface area contributed by atoms with Gasteiger partial charge in [-0.25, -0.2) is 5.84 Å².